The second-order valence-electron chi connectivity index (χ2n) is 4.27. The highest BCUT2D eigenvalue weighted by Gasteiger charge is 2.09. The third-order valence-electron chi connectivity index (χ3n) is 2.44. The van der Waals surface area contributed by atoms with Crippen LogP contribution in [0.5, 0.6) is 0 Å². The van der Waals surface area contributed by atoms with Crippen molar-refractivity contribution < 1.29 is 0 Å². The molecule has 0 fully saturated rings. The Kier molecular flexibility index (Phi) is 3.78. The summed E-state index contributed by atoms with van der Waals surface area (Å²) in [6, 6.07) is 8.84. The van der Waals surface area contributed by atoms with Crippen LogP contribution in [0, 0.1) is 6.92 Å². The zero-order valence-electron chi connectivity index (χ0n) is 10.3. The molecule has 5 heteroatoms. The smallest absolute Gasteiger partial charge is 0.209 e. The Balaban J connectivity index is 2.02. The maximum atomic E-state index is 4.03. The van der Waals surface area contributed by atoms with Crippen LogP contribution in [-0.2, 0) is 5.75 Å². The lowest BCUT2D eigenvalue weighted by atomic mass is 10.2. The van der Waals surface area contributed by atoms with Crippen LogP contribution in [0.25, 0.3) is 0 Å². The van der Waals surface area contributed by atoms with Crippen molar-refractivity contribution in [1.82, 2.24) is 20.2 Å². The fourth-order valence-corrected chi connectivity index (χ4v) is 2.40. The normalized spacial score (nSPS) is 11.1. The third kappa shape index (κ3) is 3.06. The van der Waals surface area contributed by atoms with Gasteiger partial charge in [0.05, 0.1) is 6.04 Å². The summed E-state index contributed by atoms with van der Waals surface area (Å²) in [7, 11) is 0. The molecular formula is C12H16N4S. The van der Waals surface area contributed by atoms with Gasteiger partial charge in [0, 0.05) is 5.75 Å². The monoisotopic (exact) mass is 248 g/mol. The van der Waals surface area contributed by atoms with Gasteiger partial charge in [0.15, 0.2) is 0 Å². The van der Waals surface area contributed by atoms with Crippen LogP contribution in [0.1, 0.15) is 31.0 Å². The molecule has 0 unspecified atom stereocenters. The van der Waals surface area contributed by atoms with Crippen molar-refractivity contribution in [3.05, 3.63) is 35.4 Å². The molecule has 0 aliphatic heterocycles. The molecule has 0 N–H and O–H groups in total. The Morgan fingerprint density at radius 3 is 2.59 bits per heavy atom. The van der Waals surface area contributed by atoms with Gasteiger partial charge in [0.25, 0.3) is 0 Å². The molecule has 17 heavy (non-hydrogen) atoms. The minimum absolute atomic E-state index is 0.297. The van der Waals surface area contributed by atoms with E-state index in [1.807, 2.05) is 4.68 Å². The minimum atomic E-state index is 0.297. The van der Waals surface area contributed by atoms with Gasteiger partial charge in [-0.1, -0.05) is 41.6 Å². The van der Waals surface area contributed by atoms with Gasteiger partial charge in [-0.3, -0.25) is 0 Å². The summed E-state index contributed by atoms with van der Waals surface area (Å²) in [6.07, 6.45) is 0. The van der Waals surface area contributed by atoms with Crippen molar-refractivity contribution in [2.75, 3.05) is 0 Å². The first-order valence-corrected chi connectivity index (χ1v) is 6.61. The van der Waals surface area contributed by atoms with Crippen molar-refractivity contribution in [2.45, 2.75) is 37.7 Å². The zero-order chi connectivity index (χ0) is 12.3. The van der Waals surface area contributed by atoms with Crippen LogP contribution in [0.2, 0.25) is 0 Å². The summed E-state index contributed by atoms with van der Waals surface area (Å²) in [5.74, 6) is 0.896. The number of aryl methyl sites for hydroxylation is 1. The Morgan fingerprint density at radius 2 is 1.94 bits per heavy atom. The lowest BCUT2D eigenvalue weighted by molar-refractivity contribution is 0.477. The highest BCUT2D eigenvalue weighted by molar-refractivity contribution is 7.98. The first-order valence-electron chi connectivity index (χ1n) is 5.63. The predicted octanol–water partition coefficient (Wildman–Crippen LogP) is 2.85. The Morgan fingerprint density at radius 1 is 1.24 bits per heavy atom. The van der Waals surface area contributed by atoms with Crippen LogP contribution in [0.4, 0.5) is 0 Å². The average Bonchev–Trinajstić information content (AvgIpc) is 2.76. The molecule has 4 nitrogen and oxygen atoms in total. The van der Waals surface area contributed by atoms with E-state index < -0.39 is 0 Å². The molecule has 0 saturated heterocycles. The second-order valence-corrected chi connectivity index (χ2v) is 5.22. The average molecular weight is 248 g/mol. The van der Waals surface area contributed by atoms with E-state index >= 15 is 0 Å². The third-order valence-corrected chi connectivity index (χ3v) is 3.44. The molecule has 2 rings (SSSR count). The summed E-state index contributed by atoms with van der Waals surface area (Å²) in [6.45, 7) is 6.24. The molecule has 0 spiro atoms. The van der Waals surface area contributed by atoms with E-state index in [-0.39, 0.29) is 0 Å². The van der Waals surface area contributed by atoms with E-state index in [0.717, 1.165) is 10.9 Å². The van der Waals surface area contributed by atoms with E-state index in [4.69, 9.17) is 0 Å². The molecule has 2 aromatic rings. The maximum absolute atomic E-state index is 4.03. The van der Waals surface area contributed by atoms with Gasteiger partial charge in [-0.2, -0.15) is 0 Å². The molecular weight excluding hydrogens is 232 g/mol. The van der Waals surface area contributed by atoms with E-state index in [1.54, 1.807) is 11.8 Å². The van der Waals surface area contributed by atoms with Crippen LogP contribution < -0.4 is 0 Å². The number of hydrogen-bond donors (Lipinski definition) is 0. The highest BCUT2D eigenvalue weighted by Crippen LogP contribution is 2.22. The maximum Gasteiger partial charge on any atom is 0.209 e. The molecule has 0 aliphatic rings. The number of benzene rings is 1. The van der Waals surface area contributed by atoms with E-state index in [9.17, 15) is 0 Å². The first kappa shape index (κ1) is 12.1. The first-order chi connectivity index (χ1) is 8.16. The molecule has 0 radical (unpaired) electrons. The second kappa shape index (κ2) is 5.31. The van der Waals surface area contributed by atoms with Gasteiger partial charge in [-0.15, -0.1) is 5.10 Å². The van der Waals surface area contributed by atoms with Crippen LogP contribution >= 0.6 is 11.8 Å². The topological polar surface area (TPSA) is 43.6 Å². The molecule has 0 saturated carbocycles. The quantitative estimate of drug-likeness (QED) is 0.780. The number of hydrogen-bond acceptors (Lipinski definition) is 4. The molecule has 90 valence electrons. The van der Waals surface area contributed by atoms with Crippen molar-refractivity contribution in [1.29, 1.82) is 0 Å². The highest BCUT2D eigenvalue weighted by atomic mass is 32.2. The summed E-state index contributed by atoms with van der Waals surface area (Å²) in [5.41, 5.74) is 2.57. The summed E-state index contributed by atoms with van der Waals surface area (Å²) in [4.78, 5) is 0. The van der Waals surface area contributed by atoms with Gasteiger partial charge in [0.2, 0.25) is 5.16 Å². The standard InChI is InChI=1S/C12H16N4S/c1-9(2)16-12(13-14-15-16)17-8-11-6-4-10(3)5-7-11/h4-7,9H,8H2,1-3H3. The molecule has 0 aliphatic carbocycles. The fourth-order valence-electron chi connectivity index (χ4n) is 1.44. The number of thioether (sulfide) groups is 1. The minimum Gasteiger partial charge on any atom is -0.218 e. The van der Waals surface area contributed by atoms with Crippen molar-refractivity contribution >= 4 is 11.8 Å². The zero-order valence-corrected chi connectivity index (χ0v) is 11.1. The van der Waals surface area contributed by atoms with Gasteiger partial charge in [-0.25, -0.2) is 4.68 Å². The summed E-state index contributed by atoms with van der Waals surface area (Å²) in [5, 5.41) is 12.6. The van der Waals surface area contributed by atoms with Crippen LogP contribution in [-0.4, -0.2) is 20.2 Å². The summed E-state index contributed by atoms with van der Waals surface area (Å²) >= 11 is 1.67. The van der Waals surface area contributed by atoms with Crippen molar-refractivity contribution in [3.8, 4) is 0 Å². The molecule has 1 aromatic carbocycles. The number of nitrogens with zero attached hydrogens (tertiary/aromatic N) is 4. The van der Waals surface area contributed by atoms with E-state index in [1.165, 1.54) is 11.1 Å². The Labute approximate surface area is 105 Å². The van der Waals surface area contributed by atoms with E-state index in [0.29, 0.717) is 6.04 Å². The lowest BCUT2D eigenvalue weighted by Crippen LogP contribution is -2.04. The predicted molar refractivity (Wildman–Crippen MR) is 68.9 cm³/mol. The number of rotatable bonds is 4. The Bertz CT molecular complexity index is 476. The van der Waals surface area contributed by atoms with Crippen molar-refractivity contribution in [2.24, 2.45) is 0 Å². The lowest BCUT2D eigenvalue weighted by Gasteiger charge is -2.07. The molecule has 0 bridgehead atoms. The van der Waals surface area contributed by atoms with E-state index in [2.05, 4.69) is 60.6 Å². The van der Waals surface area contributed by atoms with Crippen molar-refractivity contribution in [3.63, 3.8) is 0 Å². The molecule has 0 atom stereocenters. The number of aromatic nitrogens is 4. The number of tetrazole rings is 1. The van der Waals surface area contributed by atoms with Crippen LogP contribution in [0.3, 0.4) is 0 Å². The summed E-state index contributed by atoms with van der Waals surface area (Å²) < 4.78 is 1.85. The molecule has 1 aromatic heterocycles. The SMILES string of the molecule is Cc1ccc(CSc2nnnn2C(C)C)cc1. The molecule has 0 amide bonds. The van der Waals surface area contributed by atoms with Crippen LogP contribution in [0.15, 0.2) is 29.4 Å². The van der Waals surface area contributed by atoms with Gasteiger partial charge in [0.1, 0.15) is 0 Å². The largest absolute Gasteiger partial charge is 0.218 e. The molecule has 1 heterocycles. The Hall–Kier alpha value is -1.36. The van der Waals surface area contributed by atoms with Gasteiger partial charge < -0.3 is 0 Å². The fraction of sp³-hybridized carbons (Fsp3) is 0.417. The van der Waals surface area contributed by atoms with Gasteiger partial charge in [-0.05, 0) is 36.8 Å². The van der Waals surface area contributed by atoms with Gasteiger partial charge >= 0.3 is 0 Å².